The Bertz CT molecular complexity index is 3010. The maximum Gasteiger partial charge on any atom is 0.0713 e. The van der Waals surface area contributed by atoms with E-state index in [-0.39, 0.29) is 5.41 Å². The highest BCUT2D eigenvalue weighted by molar-refractivity contribution is 7.27. The lowest BCUT2D eigenvalue weighted by atomic mass is 9.67. The molecule has 0 amide bonds. The van der Waals surface area contributed by atoms with Crippen LogP contribution < -0.4 is 5.32 Å². The van der Waals surface area contributed by atoms with Crippen LogP contribution in [0.5, 0.6) is 0 Å². The Balaban J connectivity index is 0.932. The number of rotatable bonds is 6. The molecular weight excluding hydrogens is 683 g/mol. The summed E-state index contributed by atoms with van der Waals surface area (Å²) in [5.74, 6) is 0. The molecule has 1 aromatic heterocycles. The van der Waals surface area contributed by atoms with Crippen molar-refractivity contribution >= 4 is 53.7 Å². The van der Waals surface area contributed by atoms with Crippen LogP contribution in [0.15, 0.2) is 206 Å². The number of fused-ring (bicyclic) bond motifs is 8. The van der Waals surface area contributed by atoms with Gasteiger partial charge < -0.3 is 5.32 Å². The van der Waals surface area contributed by atoms with Crippen LogP contribution in [0.3, 0.4) is 0 Å². The van der Waals surface area contributed by atoms with Crippen molar-refractivity contribution in [2.24, 2.45) is 0 Å². The number of anilines is 2. The summed E-state index contributed by atoms with van der Waals surface area (Å²) in [5.41, 5.74) is 14.4. The molecule has 1 aliphatic carbocycles. The molecule has 0 fully saturated rings. The number of thiophene rings is 1. The van der Waals surface area contributed by atoms with E-state index < -0.39 is 0 Å². The van der Waals surface area contributed by atoms with Gasteiger partial charge in [0.25, 0.3) is 0 Å². The first kappa shape index (κ1) is 31.8. The van der Waals surface area contributed by atoms with Gasteiger partial charge in [-0.25, -0.2) is 0 Å². The third kappa shape index (κ3) is 4.99. The minimum absolute atomic E-state index is 0.389. The maximum absolute atomic E-state index is 3.70. The molecule has 11 rings (SSSR count). The summed E-state index contributed by atoms with van der Waals surface area (Å²) in [6, 6.07) is 75.6. The van der Waals surface area contributed by atoms with Crippen LogP contribution in [0, 0.1) is 0 Å². The fourth-order valence-corrected chi connectivity index (χ4v) is 10.4. The van der Waals surface area contributed by atoms with Crippen LogP contribution >= 0.6 is 11.3 Å². The molecule has 1 heterocycles. The Morgan fingerprint density at radius 1 is 0.345 bits per heavy atom. The number of hydrogen-bond acceptors (Lipinski definition) is 2. The second kappa shape index (κ2) is 12.7. The molecule has 0 aliphatic heterocycles. The zero-order valence-corrected chi connectivity index (χ0v) is 30.9. The summed E-state index contributed by atoms with van der Waals surface area (Å²) in [6.07, 6.45) is 0. The van der Waals surface area contributed by atoms with Crippen LogP contribution in [0.1, 0.15) is 22.3 Å². The van der Waals surface area contributed by atoms with E-state index in [0.29, 0.717) is 0 Å². The lowest BCUT2D eigenvalue weighted by Crippen LogP contribution is -2.28. The van der Waals surface area contributed by atoms with Crippen molar-refractivity contribution in [2.75, 3.05) is 5.32 Å². The third-order valence-electron chi connectivity index (χ3n) is 11.5. The highest BCUT2D eigenvalue weighted by atomic mass is 32.1. The summed E-state index contributed by atoms with van der Waals surface area (Å²) >= 11 is 1.90. The van der Waals surface area contributed by atoms with Gasteiger partial charge in [0.05, 0.1) is 5.41 Å². The molecule has 0 saturated carbocycles. The summed E-state index contributed by atoms with van der Waals surface area (Å²) < 4.78 is 2.70. The molecule has 0 spiro atoms. The molecule has 1 aliphatic rings. The molecule has 0 unspecified atom stereocenters. The summed E-state index contributed by atoms with van der Waals surface area (Å²) in [4.78, 5) is 0. The highest BCUT2D eigenvalue weighted by Crippen LogP contribution is 2.56. The maximum atomic E-state index is 3.70. The zero-order valence-electron chi connectivity index (χ0n) is 30.0. The Hall–Kier alpha value is -6.74. The Morgan fingerprint density at radius 2 is 0.964 bits per heavy atom. The van der Waals surface area contributed by atoms with Crippen molar-refractivity contribution in [1.29, 1.82) is 0 Å². The van der Waals surface area contributed by atoms with E-state index in [9.17, 15) is 0 Å². The molecule has 0 atom stereocenters. The van der Waals surface area contributed by atoms with E-state index in [4.69, 9.17) is 0 Å². The predicted molar refractivity (Wildman–Crippen MR) is 235 cm³/mol. The van der Waals surface area contributed by atoms with Gasteiger partial charge >= 0.3 is 0 Å². The molecule has 1 nitrogen and oxygen atoms in total. The molecule has 55 heavy (non-hydrogen) atoms. The minimum atomic E-state index is -0.389. The quantitative estimate of drug-likeness (QED) is 0.181. The van der Waals surface area contributed by atoms with Crippen LogP contribution in [0.4, 0.5) is 11.4 Å². The van der Waals surface area contributed by atoms with Crippen LogP contribution in [0.2, 0.25) is 0 Å². The second-order valence-corrected chi connectivity index (χ2v) is 15.5. The molecule has 9 aromatic carbocycles. The van der Waals surface area contributed by atoms with E-state index in [1.54, 1.807) is 0 Å². The lowest BCUT2D eigenvalue weighted by molar-refractivity contribution is 0.768. The van der Waals surface area contributed by atoms with Gasteiger partial charge in [-0.05, 0) is 96.7 Å². The monoisotopic (exact) mass is 717 g/mol. The fraction of sp³-hybridized carbons (Fsp3) is 0.0189. The number of benzene rings is 9. The fourth-order valence-electron chi connectivity index (χ4n) is 9.06. The lowest BCUT2D eigenvalue weighted by Gasteiger charge is -2.33. The van der Waals surface area contributed by atoms with E-state index in [1.165, 1.54) is 86.6 Å². The van der Waals surface area contributed by atoms with Gasteiger partial charge in [-0.15, -0.1) is 11.3 Å². The van der Waals surface area contributed by atoms with Crippen LogP contribution in [-0.2, 0) is 5.41 Å². The topological polar surface area (TPSA) is 12.0 Å². The standard InChI is InChI=1S/C53H35NS/c1-3-15-39(16-4-1)53(40-17-5-2-6-18-40)49-24-10-9-21-45(49)48-34-38(28-32-50(48)53)37-14-11-19-42(33-37)54-41-29-25-36(26-30-41)44-22-12-23-46-47-31-27-35-13-7-8-20-43(35)52(47)55-51(44)46/h1-34,54H. The van der Waals surface area contributed by atoms with Gasteiger partial charge in [0.15, 0.2) is 0 Å². The second-order valence-electron chi connectivity index (χ2n) is 14.5. The summed E-state index contributed by atoms with van der Waals surface area (Å²) in [7, 11) is 0. The smallest absolute Gasteiger partial charge is 0.0713 e. The van der Waals surface area contributed by atoms with E-state index in [2.05, 4.69) is 212 Å². The molecule has 0 radical (unpaired) electrons. The first-order valence-corrected chi connectivity index (χ1v) is 19.7. The van der Waals surface area contributed by atoms with E-state index >= 15 is 0 Å². The van der Waals surface area contributed by atoms with Crippen molar-refractivity contribution in [1.82, 2.24) is 0 Å². The minimum Gasteiger partial charge on any atom is -0.356 e. The van der Waals surface area contributed by atoms with Crippen LogP contribution in [0.25, 0.3) is 64.3 Å². The number of nitrogens with one attached hydrogen (secondary N) is 1. The van der Waals surface area contributed by atoms with Crippen molar-refractivity contribution in [3.05, 3.63) is 229 Å². The Labute approximate surface area is 324 Å². The van der Waals surface area contributed by atoms with Crippen molar-refractivity contribution in [3.63, 3.8) is 0 Å². The molecular formula is C53H35NS. The molecule has 10 aromatic rings. The predicted octanol–water partition coefficient (Wildman–Crippen LogP) is 14.6. The normalized spacial score (nSPS) is 12.9. The van der Waals surface area contributed by atoms with Crippen molar-refractivity contribution < 1.29 is 0 Å². The average molecular weight is 718 g/mol. The molecule has 0 saturated heterocycles. The number of hydrogen-bond donors (Lipinski definition) is 1. The van der Waals surface area contributed by atoms with E-state index in [1.807, 2.05) is 11.3 Å². The van der Waals surface area contributed by atoms with Crippen molar-refractivity contribution in [2.45, 2.75) is 5.41 Å². The molecule has 2 heteroatoms. The Morgan fingerprint density at radius 3 is 1.78 bits per heavy atom. The first-order valence-electron chi connectivity index (χ1n) is 18.9. The van der Waals surface area contributed by atoms with Gasteiger partial charge in [0, 0.05) is 31.5 Å². The largest absolute Gasteiger partial charge is 0.356 e. The van der Waals surface area contributed by atoms with Gasteiger partial charge in [-0.2, -0.15) is 0 Å². The van der Waals surface area contributed by atoms with Gasteiger partial charge in [0.1, 0.15) is 0 Å². The summed E-state index contributed by atoms with van der Waals surface area (Å²) in [5, 5.41) is 8.97. The van der Waals surface area contributed by atoms with Gasteiger partial charge in [-0.1, -0.05) is 176 Å². The molecule has 0 bridgehead atoms. The zero-order chi connectivity index (χ0) is 36.3. The molecule has 1 N–H and O–H groups in total. The summed E-state index contributed by atoms with van der Waals surface area (Å²) in [6.45, 7) is 0. The van der Waals surface area contributed by atoms with Gasteiger partial charge in [-0.3, -0.25) is 0 Å². The van der Waals surface area contributed by atoms with E-state index in [0.717, 1.165) is 11.4 Å². The highest BCUT2D eigenvalue weighted by Gasteiger charge is 2.45. The molecule has 258 valence electrons. The van der Waals surface area contributed by atoms with Crippen LogP contribution in [-0.4, -0.2) is 0 Å². The first-order chi connectivity index (χ1) is 27.3. The third-order valence-corrected chi connectivity index (χ3v) is 12.8. The SMILES string of the molecule is c1ccc(C2(c3ccccc3)c3ccccc3-c3cc(-c4cccc(Nc5ccc(-c6cccc7c6sc6c8ccccc8ccc76)cc5)c4)ccc32)cc1. The van der Waals surface area contributed by atoms with Crippen molar-refractivity contribution in [3.8, 4) is 33.4 Å². The average Bonchev–Trinajstić information content (AvgIpc) is 3.79. The van der Waals surface area contributed by atoms with Gasteiger partial charge in [0.2, 0.25) is 0 Å². The Kier molecular flexibility index (Phi) is 7.33.